The molecule has 0 aliphatic carbocycles. The molecule has 0 fully saturated rings. The first kappa shape index (κ1) is 23.6. The first-order valence-corrected chi connectivity index (χ1v) is 8.69. The van der Waals surface area contributed by atoms with Crippen molar-refractivity contribution in [3.8, 4) is 11.5 Å². The van der Waals surface area contributed by atoms with Crippen molar-refractivity contribution < 1.29 is 9.47 Å². The molecule has 1 aromatic carbocycles. The van der Waals surface area contributed by atoms with Crippen LogP contribution in [-0.2, 0) is 6.42 Å². The number of hydrogen-bond donors (Lipinski definition) is 2. The summed E-state index contributed by atoms with van der Waals surface area (Å²) in [5, 5.41) is 6.62. The van der Waals surface area contributed by atoms with Crippen molar-refractivity contribution in [2.24, 2.45) is 4.99 Å². The van der Waals surface area contributed by atoms with Gasteiger partial charge >= 0.3 is 0 Å². The molecular weight excluding hydrogens is 429 g/mol. The minimum Gasteiger partial charge on any atom is -0.490 e. The zero-order chi connectivity index (χ0) is 17.6. The lowest BCUT2D eigenvalue weighted by atomic mass is 10.1. The van der Waals surface area contributed by atoms with Gasteiger partial charge in [0.15, 0.2) is 17.5 Å². The Morgan fingerprint density at radius 1 is 1.08 bits per heavy atom. The zero-order valence-electron chi connectivity index (χ0n) is 15.8. The lowest BCUT2D eigenvalue weighted by Gasteiger charge is -2.14. The number of halogens is 1. The highest BCUT2D eigenvalue weighted by Gasteiger charge is 2.06. The van der Waals surface area contributed by atoms with Crippen LogP contribution in [-0.4, -0.2) is 39.3 Å². The number of nitrogens with zero attached hydrogens (tertiary/aromatic N) is 1. The minimum absolute atomic E-state index is 0. The van der Waals surface area contributed by atoms with Crippen LogP contribution in [0.5, 0.6) is 11.5 Å². The van der Waals surface area contributed by atoms with Gasteiger partial charge in [-0.05, 0) is 51.3 Å². The highest BCUT2D eigenvalue weighted by molar-refractivity contribution is 14.0. The monoisotopic (exact) mass is 461 g/mol. The van der Waals surface area contributed by atoms with Crippen molar-refractivity contribution in [1.29, 1.82) is 0 Å². The standard InChI is InChI=1S/C19H31N3O2.HI/c1-5-8-9-13-21-19(20-4)22-14-12-16-10-11-17(23-6-2)18(15-16)24-7-3;/h5,8,10-11,15H,6-7,9,12-14H2,1-4H3,(H2,20,21,22);1H/b8-5+;. The summed E-state index contributed by atoms with van der Waals surface area (Å²) in [6.45, 7) is 8.93. The summed E-state index contributed by atoms with van der Waals surface area (Å²) in [6.07, 6.45) is 6.07. The van der Waals surface area contributed by atoms with E-state index in [0.717, 1.165) is 43.4 Å². The van der Waals surface area contributed by atoms with E-state index in [1.54, 1.807) is 7.05 Å². The second-order valence-electron chi connectivity index (χ2n) is 5.18. The van der Waals surface area contributed by atoms with Crippen LogP contribution in [0.15, 0.2) is 35.3 Å². The van der Waals surface area contributed by atoms with Crippen LogP contribution in [0.4, 0.5) is 0 Å². The molecule has 5 nitrogen and oxygen atoms in total. The number of benzene rings is 1. The molecule has 0 radical (unpaired) electrons. The zero-order valence-corrected chi connectivity index (χ0v) is 18.1. The molecule has 2 N–H and O–H groups in total. The molecule has 25 heavy (non-hydrogen) atoms. The van der Waals surface area contributed by atoms with Crippen LogP contribution in [0.3, 0.4) is 0 Å². The fraction of sp³-hybridized carbons (Fsp3) is 0.526. The van der Waals surface area contributed by atoms with Gasteiger partial charge < -0.3 is 20.1 Å². The number of allylic oxidation sites excluding steroid dienone is 1. The summed E-state index contributed by atoms with van der Waals surface area (Å²) < 4.78 is 11.3. The van der Waals surface area contributed by atoms with E-state index in [9.17, 15) is 0 Å². The van der Waals surface area contributed by atoms with Crippen molar-refractivity contribution in [2.45, 2.75) is 33.6 Å². The molecule has 0 heterocycles. The van der Waals surface area contributed by atoms with Gasteiger partial charge in [-0.3, -0.25) is 4.99 Å². The average molecular weight is 461 g/mol. The Morgan fingerprint density at radius 3 is 2.40 bits per heavy atom. The van der Waals surface area contributed by atoms with E-state index >= 15 is 0 Å². The molecule has 1 aromatic rings. The average Bonchev–Trinajstić information content (AvgIpc) is 2.59. The van der Waals surface area contributed by atoms with E-state index in [4.69, 9.17) is 9.47 Å². The van der Waals surface area contributed by atoms with Crippen LogP contribution in [0.2, 0.25) is 0 Å². The number of aliphatic imine (C=N–C) groups is 1. The molecule has 0 unspecified atom stereocenters. The van der Waals surface area contributed by atoms with Gasteiger partial charge in [-0.15, -0.1) is 24.0 Å². The van der Waals surface area contributed by atoms with E-state index in [2.05, 4.69) is 39.9 Å². The molecule has 142 valence electrons. The normalized spacial score (nSPS) is 11.1. The van der Waals surface area contributed by atoms with Gasteiger partial charge in [0.05, 0.1) is 13.2 Å². The number of hydrogen-bond acceptors (Lipinski definition) is 3. The first-order chi connectivity index (χ1) is 11.7. The van der Waals surface area contributed by atoms with E-state index in [1.165, 1.54) is 5.56 Å². The molecule has 0 amide bonds. The van der Waals surface area contributed by atoms with Crippen LogP contribution in [0, 0.1) is 0 Å². The number of ether oxygens (including phenoxy) is 2. The Hall–Kier alpha value is -1.44. The maximum Gasteiger partial charge on any atom is 0.190 e. The fourth-order valence-electron chi connectivity index (χ4n) is 2.24. The van der Waals surface area contributed by atoms with Crippen molar-refractivity contribution in [1.82, 2.24) is 10.6 Å². The molecule has 0 atom stereocenters. The van der Waals surface area contributed by atoms with Gasteiger partial charge in [-0.1, -0.05) is 18.2 Å². The third kappa shape index (κ3) is 9.57. The topological polar surface area (TPSA) is 54.9 Å². The predicted octanol–water partition coefficient (Wildman–Crippen LogP) is 3.78. The largest absolute Gasteiger partial charge is 0.490 e. The Morgan fingerprint density at radius 2 is 1.76 bits per heavy atom. The van der Waals surface area contributed by atoms with Gasteiger partial charge in [0.1, 0.15) is 0 Å². The van der Waals surface area contributed by atoms with Crippen LogP contribution >= 0.6 is 24.0 Å². The number of rotatable bonds is 10. The Bertz CT molecular complexity index is 533. The summed E-state index contributed by atoms with van der Waals surface area (Å²) in [4.78, 5) is 4.23. The molecule has 0 aliphatic rings. The van der Waals surface area contributed by atoms with E-state index in [0.29, 0.717) is 13.2 Å². The third-order valence-corrected chi connectivity index (χ3v) is 3.38. The summed E-state index contributed by atoms with van der Waals surface area (Å²) >= 11 is 0. The maximum absolute atomic E-state index is 5.67. The summed E-state index contributed by atoms with van der Waals surface area (Å²) in [5.41, 5.74) is 1.21. The van der Waals surface area contributed by atoms with Gasteiger partial charge in [-0.2, -0.15) is 0 Å². The van der Waals surface area contributed by atoms with Gasteiger partial charge in [0, 0.05) is 20.1 Å². The van der Waals surface area contributed by atoms with E-state index < -0.39 is 0 Å². The highest BCUT2D eigenvalue weighted by atomic mass is 127. The predicted molar refractivity (Wildman–Crippen MR) is 117 cm³/mol. The van der Waals surface area contributed by atoms with Crippen molar-refractivity contribution in [3.05, 3.63) is 35.9 Å². The molecule has 1 rings (SSSR count). The van der Waals surface area contributed by atoms with E-state index in [1.807, 2.05) is 26.8 Å². The number of guanidine groups is 1. The Kier molecular flexibility index (Phi) is 14.0. The van der Waals surface area contributed by atoms with Gasteiger partial charge in [0.2, 0.25) is 0 Å². The van der Waals surface area contributed by atoms with Crippen molar-refractivity contribution in [2.75, 3.05) is 33.4 Å². The van der Waals surface area contributed by atoms with Gasteiger partial charge in [0.25, 0.3) is 0 Å². The lowest BCUT2D eigenvalue weighted by molar-refractivity contribution is 0.287. The summed E-state index contributed by atoms with van der Waals surface area (Å²) in [6, 6.07) is 6.11. The van der Waals surface area contributed by atoms with Gasteiger partial charge in [-0.25, -0.2) is 0 Å². The Labute approximate surface area is 169 Å². The number of nitrogens with one attached hydrogen (secondary N) is 2. The molecule has 0 bridgehead atoms. The smallest absolute Gasteiger partial charge is 0.190 e. The molecular formula is C19H32IN3O2. The minimum atomic E-state index is 0. The second kappa shape index (κ2) is 14.9. The first-order valence-electron chi connectivity index (χ1n) is 8.69. The molecule has 0 saturated carbocycles. The van der Waals surface area contributed by atoms with Crippen LogP contribution < -0.4 is 20.1 Å². The Balaban J connectivity index is 0.00000576. The van der Waals surface area contributed by atoms with Crippen LogP contribution in [0.1, 0.15) is 32.8 Å². The third-order valence-electron chi connectivity index (χ3n) is 3.38. The quantitative estimate of drug-likeness (QED) is 0.183. The summed E-state index contributed by atoms with van der Waals surface area (Å²) in [5.74, 6) is 2.44. The highest BCUT2D eigenvalue weighted by Crippen LogP contribution is 2.28. The van der Waals surface area contributed by atoms with Crippen LogP contribution in [0.25, 0.3) is 0 Å². The van der Waals surface area contributed by atoms with Crippen molar-refractivity contribution in [3.63, 3.8) is 0 Å². The summed E-state index contributed by atoms with van der Waals surface area (Å²) in [7, 11) is 1.79. The van der Waals surface area contributed by atoms with Crippen molar-refractivity contribution >= 4 is 29.9 Å². The maximum atomic E-state index is 5.67. The molecule has 6 heteroatoms. The molecule has 0 saturated heterocycles. The van der Waals surface area contributed by atoms with E-state index in [-0.39, 0.29) is 24.0 Å². The molecule has 0 aliphatic heterocycles. The SMILES string of the molecule is C/C=C/CCNC(=NC)NCCc1ccc(OCC)c(OCC)c1.I. The fourth-order valence-corrected chi connectivity index (χ4v) is 2.24. The lowest BCUT2D eigenvalue weighted by Crippen LogP contribution is -2.38. The molecule has 0 spiro atoms. The molecule has 0 aromatic heterocycles. The second-order valence-corrected chi connectivity index (χ2v) is 5.18.